The molecule has 1 heterocycles. The Morgan fingerprint density at radius 1 is 1.35 bits per heavy atom. The largest absolute Gasteiger partial charge is 0.330 e. The van der Waals surface area contributed by atoms with Gasteiger partial charge in [0.05, 0.1) is 5.69 Å². The van der Waals surface area contributed by atoms with Crippen molar-refractivity contribution in [3.63, 3.8) is 0 Å². The number of aromatic nitrogens is 1. The summed E-state index contributed by atoms with van der Waals surface area (Å²) in [5, 5.41) is 0. The highest BCUT2D eigenvalue weighted by atomic mass is 15.1. The lowest BCUT2D eigenvalue weighted by molar-refractivity contribution is 0.204. The zero-order chi connectivity index (χ0) is 12.7. The van der Waals surface area contributed by atoms with Gasteiger partial charge in [0, 0.05) is 19.3 Å². The van der Waals surface area contributed by atoms with Crippen molar-refractivity contribution in [3.05, 3.63) is 30.1 Å². The second-order valence-corrected chi connectivity index (χ2v) is 4.89. The minimum atomic E-state index is 0.568. The number of nitrogens with zero attached hydrogens (tertiary/aromatic N) is 2. The van der Waals surface area contributed by atoms with Gasteiger partial charge in [-0.3, -0.25) is 9.88 Å². The van der Waals surface area contributed by atoms with Crippen LogP contribution in [0.25, 0.3) is 0 Å². The Labute approximate surface area is 105 Å². The maximum Gasteiger partial charge on any atom is 0.0543 e. The highest BCUT2D eigenvalue weighted by molar-refractivity contribution is 5.03. The molecular weight excluding hydrogens is 210 g/mol. The molecule has 96 valence electrons. The predicted octanol–water partition coefficient (Wildman–Crippen LogP) is 2.13. The summed E-state index contributed by atoms with van der Waals surface area (Å²) in [6.45, 7) is 10.5. The van der Waals surface area contributed by atoms with Crippen molar-refractivity contribution in [2.45, 2.75) is 27.3 Å². The van der Waals surface area contributed by atoms with Crippen LogP contribution in [0.5, 0.6) is 0 Å². The van der Waals surface area contributed by atoms with E-state index in [-0.39, 0.29) is 0 Å². The van der Waals surface area contributed by atoms with Gasteiger partial charge in [-0.1, -0.05) is 26.8 Å². The van der Waals surface area contributed by atoms with E-state index in [0.717, 1.165) is 31.9 Å². The summed E-state index contributed by atoms with van der Waals surface area (Å²) in [4.78, 5) is 6.79. The normalized spacial score (nSPS) is 13.3. The van der Waals surface area contributed by atoms with Crippen LogP contribution >= 0.6 is 0 Å². The van der Waals surface area contributed by atoms with E-state index in [9.17, 15) is 0 Å². The first-order valence-electron chi connectivity index (χ1n) is 6.49. The molecule has 1 unspecified atom stereocenters. The van der Waals surface area contributed by atoms with Crippen LogP contribution in [0.4, 0.5) is 0 Å². The number of nitrogens with two attached hydrogens (primary N) is 1. The third-order valence-corrected chi connectivity index (χ3v) is 3.30. The van der Waals surface area contributed by atoms with E-state index in [0.29, 0.717) is 11.8 Å². The number of rotatable bonds is 7. The average molecular weight is 235 g/mol. The Morgan fingerprint density at radius 3 is 2.59 bits per heavy atom. The zero-order valence-electron chi connectivity index (χ0n) is 11.3. The molecule has 0 saturated heterocycles. The molecule has 1 rings (SSSR count). The maximum atomic E-state index is 5.83. The van der Waals surface area contributed by atoms with Crippen molar-refractivity contribution in [1.29, 1.82) is 0 Å². The molecule has 0 radical (unpaired) electrons. The molecule has 2 N–H and O–H groups in total. The Kier molecular flexibility index (Phi) is 6.16. The predicted molar refractivity (Wildman–Crippen MR) is 72.6 cm³/mol. The van der Waals surface area contributed by atoms with E-state index in [1.54, 1.807) is 0 Å². The van der Waals surface area contributed by atoms with Gasteiger partial charge >= 0.3 is 0 Å². The van der Waals surface area contributed by atoms with Crippen LogP contribution in [-0.2, 0) is 6.54 Å². The molecule has 1 aromatic rings. The molecule has 0 bridgehead atoms. The summed E-state index contributed by atoms with van der Waals surface area (Å²) in [6.07, 6.45) is 1.85. The van der Waals surface area contributed by atoms with E-state index >= 15 is 0 Å². The Balaban J connectivity index is 2.54. The third kappa shape index (κ3) is 4.84. The summed E-state index contributed by atoms with van der Waals surface area (Å²) in [6, 6.07) is 6.07. The van der Waals surface area contributed by atoms with Crippen LogP contribution in [0.1, 0.15) is 26.5 Å². The monoisotopic (exact) mass is 235 g/mol. The van der Waals surface area contributed by atoms with Gasteiger partial charge < -0.3 is 5.73 Å². The van der Waals surface area contributed by atoms with Crippen molar-refractivity contribution in [2.24, 2.45) is 17.6 Å². The molecule has 3 heteroatoms. The van der Waals surface area contributed by atoms with E-state index in [1.807, 2.05) is 18.3 Å². The van der Waals surface area contributed by atoms with Gasteiger partial charge in [0.2, 0.25) is 0 Å². The summed E-state index contributed by atoms with van der Waals surface area (Å²) in [5.74, 6) is 1.21. The maximum absolute atomic E-state index is 5.83. The molecule has 1 aromatic heterocycles. The topological polar surface area (TPSA) is 42.2 Å². The summed E-state index contributed by atoms with van der Waals surface area (Å²) < 4.78 is 0. The second-order valence-electron chi connectivity index (χ2n) is 4.89. The summed E-state index contributed by atoms with van der Waals surface area (Å²) in [7, 11) is 0. The van der Waals surface area contributed by atoms with Gasteiger partial charge in [0.1, 0.15) is 0 Å². The van der Waals surface area contributed by atoms with Crippen molar-refractivity contribution in [2.75, 3.05) is 19.6 Å². The van der Waals surface area contributed by atoms with E-state index in [1.165, 1.54) is 0 Å². The Morgan fingerprint density at radius 2 is 2.12 bits per heavy atom. The lowest BCUT2D eigenvalue weighted by Gasteiger charge is -2.27. The van der Waals surface area contributed by atoms with Crippen molar-refractivity contribution in [3.8, 4) is 0 Å². The first-order valence-corrected chi connectivity index (χ1v) is 6.49. The van der Waals surface area contributed by atoms with Gasteiger partial charge in [-0.2, -0.15) is 0 Å². The molecule has 0 fully saturated rings. The number of hydrogen-bond donors (Lipinski definition) is 1. The van der Waals surface area contributed by atoms with Crippen LogP contribution < -0.4 is 5.73 Å². The number of hydrogen-bond acceptors (Lipinski definition) is 3. The van der Waals surface area contributed by atoms with Crippen molar-refractivity contribution >= 4 is 0 Å². The van der Waals surface area contributed by atoms with Crippen molar-refractivity contribution in [1.82, 2.24) is 9.88 Å². The van der Waals surface area contributed by atoms with Gasteiger partial charge in [-0.15, -0.1) is 0 Å². The van der Waals surface area contributed by atoms with Gasteiger partial charge in [-0.05, 0) is 37.1 Å². The fraction of sp³-hybridized carbons (Fsp3) is 0.643. The highest BCUT2D eigenvalue weighted by Crippen LogP contribution is 2.12. The standard InChI is InChI=1S/C14H25N3/c1-4-17(10-13(9-15)12(2)3)11-14-7-5-6-8-16-14/h5-8,12-13H,4,9-11,15H2,1-3H3. The zero-order valence-corrected chi connectivity index (χ0v) is 11.3. The molecule has 3 nitrogen and oxygen atoms in total. The van der Waals surface area contributed by atoms with Gasteiger partial charge in [0.25, 0.3) is 0 Å². The lowest BCUT2D eigenvalue weighted by atomic mass is 9.95. The summed E-state index contributed by atoms with van der Waals surface area (Å²) >= 11 is 0. The fourth-order valence-corrected chi connectivity index (χ4v) is 1.92. The lowest BCUT2D eigenvalue weighted by Crippen LogP contribution is -2.35. The molecule has 0 saturated carbocycles. The molecule has 17 heavy (non-hydrogen) atoms. The molecule has 1 atom stereocenters. The quantitative estimate of drug-likeness (QED) is 0.787. The van der Waals surface area contributed by atoms with Crippen LogP contribution in [0.15, 0.2) is 24.4 Å². The molecule has 0 aromatic carbocycles. The minimum absolute atomic E-state index is 0.568. The number of pyridine rings is 1. The van der Waals surface area contributed by atoms with Gasteiger partial charge in [0.15, 0.2) is 0 Å². The first-order chi connectivity index (χ1) is 8.17. The first kappa shape index (κ1) is 14.1. The van der Waals surface area contributed by atoms with Crippen molar-refractivity contribution < 1.29 is 0 Å². The average Bonchev–Trinajstić information content (AvgIpc) is 2.35. The molecule has 0 aliphatic heterocycles. The summed E-state index contributed by atoms with van der Waals surface area (Å²) in [5.41, 5.74) is 6.96. The molecule has 0 aliphatic carbocycles. The SMILES string of the molecule is CCN(Cc1ccccn1)CC(CN)C(C)C. The molecule has 0 spiro atoms. The van der Waals surface area contributed by atoms with Crippen LogP contribution in [0, 0.1) is 11.8 Å². The molecular formula is C14H25N3. The fourth-order valence-electron chi connectivity index (χ4n) is 1.92. The van der Waals surface area contributed by atoms with Crippen LogP contribution in [-0.4, -0.2) is 29.5 Å². The van der Waals surface area contributed by atoms with E-state index in [4.69, 9.17) is 5.73 Å². The Hall–Kier alpha value is -0.930. The molecule has 0 amide bonds. The van der Waals surface area contributed by atoms with E-state index in [2.05, 4.69) is 36.7 Å². The van der Waals surface area contributed by atoms with Crippen LogP contribution in [0.3, 0.4) is 0 Å². The second kappa shape index (κ2) is 7.41. The Bertz CT molecular complexity index is 298. The van der Waals surface area contributed by atoms with Gasteiger partial charge in [-0.25, -0.2) is 0 Å². The third-order valence-electron chi connectivity index (χ3n) is 3.30. The minimum Gasteiger partial charge on any atom is -0.330 e. The van der Waals surface area contributed by atoms with Crippen LogP contribution in [0.2, 0.25) is 0 Å². The molecule has 0 aliphatic rings. The van der Waals surface area contributed by atoms with E-state index < -0.39 is 0 Å². The highest BCUT2D eigenvalue weighted by Gasteiger charge is 2.15. The smallest absolute Gasteiger partial charge is 0.0543 e.